The second-order valence-electron chi connectivity index (χ2n) is 8.29. The number of hydrogen-bond acceptors (Lipinski definition) is 4. The van der Waals surface area contributed by atoms with Gasteiger partial charge in [-0.1, -0.05) is 30.3 Å². The molecule has 5 rings (SSSR count). The molecule has 0 bridgehead atoms. The summed E-state index contributed by atoms with van der Waals surface area (Å²) in [5.41, 5.74) is 2.82. The summed E-state index contributed by atoms with van der Waals surface area (Å²) in [5, 5.41) is 2.56. The normalized spacial score (nSPS) is 23.6. The molecule has 1 aromatic heterocycles. The maximum absolute atomic E-state index is 5.34. The van der Waals surface area contributed by atoms with Gasteiger partial charge in [0.2, 0.25) is 0 Å². The number of nitrogens with zero attached hydrogens (tertiary/aromatic N) is 3. The summed E-state index contributed by atoms with van der Waals surface area (Å²) in [4.78, 5) is 9.46. The number of rotatable bonds is 4. The first-order valence-corrected chi connectivity index (χ1v) is 10.1. The fraction of sp³-hybridized carbons (Fsp3) is 0.375. The highest BCUT2D eigenvalue weighted by Gasteiger charge is 2.45. The Kier molecular flexibility index (Phi) is 7.25. The Balaban J connectivity index is 0.00000128. The summed E-state index contributed by atoms with van der Waals surface area (Å²) < 4.78 is 5.34. The SMILES string of the molecule is COc1ccc([C@H]2[C@@H]3CN(Cc4cccc5cnccc45)C[C@@H]3CN2C)cc1.Cl.Cl. The van der Waals surface area contributed by atoms with Gasteiger partial charge < -0.3 is 4.74 Å². The molecule has 30 heavy (non-hydrogen) atoms. The van der Waals surface area contributed by atoms with Crippen LogP contribution in [0.15, 0.2) is 60.9 Å². The van der Waals surface area contributed by atoms with Gasteiger partial charge in [0.05, 0.1) is 7.11 Å². The van der Waals surface area contributed by atoms with Crippen molar-refractivity contribution in [1.82, 2.24) is 14.8 Å². The predicted molar refractivity (Wildman–Crippen MR) is 127 cm³/mol. The van der Waals surface area contributed by atoms with E-state index in [4.69, 9.17) is 4.74 Å². The van der Waals surface area contributed by atoms with Gasteiger partial charge in [-0.05, 0) is 53.6 Å². The minimum absolute atomic E-state index is 0. The van der Waals surface area contributed by atoms with Gasteiger partial charge in [0.1, 0.15) is 5.75 Å². The van der Waals surface area contributed by atoms with E-state index in [1.807, 2.05) is 12.4 Å². The average molecular weight is 446 g/mol. The zero-order valence-electron chi connectivity index (χ0n) is 17.4. The topological polar surface area (TPSA) is 28.6 Å². The number of likely N-dealkylation sites (tertiary alicyclic amines) is 2. The van der Waals surface area contributed by atoms with Gasteiger partial charge in [0, 0.05) is 50.0 Å². The molecule has 2 fully saturated rings. The minimum Gasteiger partial charge on any atom is -0.497 e. The molecule has 2 aromatic carbocycles. The van der Waals surface area contributed by atoms with E-state index in [1.54, 1.807) is 7.11 Å². The Morgan fingerprint density at radius 3 is 2.57 bits per heavy atom. The molecule has 3 aromatic rings. The summed E-state index contributed by atoms with van der Waals surface area (Å²) in [7, 11) is 4.00. The maximum Gasteiger partial charge on any atom is 0.118 e. The summed E-state index contributed by atoms with van der Waals surface area (Å²) in [6.07, 6.45) is 3.87. The molecule has 0 saturated carbocycles. The Hall–Kier alpha value is -1.85. The van der Waals surface area contributed by atoms with Gasteiger partial charge in [-0.2, -0.15) is 0 Å². The number of pyridine rings is 1. The lowest BCUT2D eigenvalue weighted by Gasteiger charge is -2.27. The van der Waals surface area contributed by atoms with Crippen LogP contribution in [0.2, 0.25) is 0 Å². The molecule has 6 heteroatoms. The van der Waals surface area contributed by atoms with Gasteiger partial charge in [-0.3, -0.25) is 14.8 Å². The third-order valence-corrected chi connectivity index (χ3v) is 6.59. The number of fused-ring (bicyclic) bond motifs is 2. The smallest absolute Gasteiger partial charge is 0.118 e. The lowest BCUT2D eigenvalue weighted by molar-refractivity contribution is 0.225. The lowest BCUT2D eigenvalue weighted by atomic mass is 9.89. The molecule has 4 nitrogen and oxygen atoms in total. The summed E-state index contributed by atoms with van der Waals surface area (Å²) in [6.45, 7) is 4.54. The number of ether oxygens (including phenoxy) is 1. The first kappa shape index (κ1) is 22.8. The van der Waals surface area contributed by atoms with Crippen LogP contribution in [-0.2, 0) is 6.54 Å². The zero-order valence-corrected chi connectivity index (χ0v) is 19.0. The highest BCUT2D eigenvalue weighted by molar-refractivity contribution is 5.86. The number of halogens is 2. The Morgan fingerprint density at radius 1 is 1.00 bits per heavy atom. The van der Waals surface area contributed by atoms with Crippen molar-refractivity contribution in [2.24, 2.45) is 11.8 Å². The molecule has 3 heterocycles. The van der Waals surface area contributed by atoms with E-state index in [9.17, 15) is 0 Å². The number of aromatic nitrogens is 1. The Bertz CT molecular complexity index is 976. The molecule has 3 atom stereocenters. The molecule has 0 radical (unpaired) electrons. The first-order chi connectivity index (χ1) is 13.7. The zero-order chi connectivity index (χ0) is 19.1. The highest BCUT2D eigenvalue weighted by atomic mass is 35.5. The molecule has 160 valence electrons. The van der Waals surface area contributed by atoms with Crippen LogP contribution in [0.3, 0.4) is 0 Å². The minimum atomic E-state index is 0. The van der Waals surface area contributed by atoms with Gasteiger partial charge >= 0.3 is 0 Å². The highest BCUT2D eigenvalue weighted by Crippen LogP contribution is 2.44. The van der Waals surface area contributed by atoms with Crippen LogP contribution in [0.4, 0.5) is 0 Å². The molecule has 2 saturated heterocycles. The maximum atomic E-state index is 5.34. The predicted octanol–water partition coefficient (Wildman–Crippen LogP) is 4.82. The van der Waals surface area contributed by atoms with Crippen LogP contribution in [0, 0.1) is 11.8 Å². The largest absolute Gasteiger partial charge is 0.497 e. The molecule has 0 unspecified atom stereocenters. The van der Waals surface area contributed by atoms with Gasteiger partial charge in [-0.15, -0.1) is 24.8 Å². The van der Waals surface area contributed by atoms with Gasteiger partial charge in [-0.25, -0.2) is 0 Å². The number of benzene rings is 2. The summed E-state index contributed by atoms with van der Waals surface area (Å²) >= 11 is 0. The molecule has 0 amide bonds. The van der Waals surface area contributed by atoms with E-state index in [0.717, 1.165) is 24.8 Å². The molecule has 2 aliphatic heterocycles. The van der Waals surface area contributed by atoms with Crippen LogP contribution in [0.25, 0.3) is 10.8 Å². The van der Waals surface area contributed by atoms with E-state index < -0.39 is 0 Å². The third kappa shape index (κ3) is 4.15. The standard InChI is InChI=1S/C24H27N3O.2ClH/c1-26-13-20-15-27(14-19-5-3-4-18-12-25-11-10-22(18)19)16-23(20)24(26)17-6-8-21(28-2)9-7-17;;/h3-12,20,23-24H,13-16H2,1-2H3;2*1H/t20-,23+,24-;;/m0../s1. The van der Waals surface area contributed by atoms with Crippen molar-refractivity contribution < 1.29 is 4.74 Å². The quantitative estimate of drug-likeness (QED) is 0.575. The van der Waals surface area contributed by atoms with Crippen molar-refractivity contribution in [2.45, 2.75) is 12.6 Å². The summed E-state index contributed by atoms with van der Waals surface area (Å²) in [5.74, 6) is 2.36. The van der Waals surface area contributed by atoms with Crippen molar-refractivity contribution in [3.8, 4) is 5.75 Å². The molecule has 0 aliphatic carbocycles. The molecule has 0 spiro atoms. The number of methoxy groups -OCH3 is 1. The number of hydrogen-bond donors (Lipinski definition) is 0. The van der Waals surface area contributed by atoms with E-state index in [0.29, 0.717) is 12.0 Å². The van der Waals surface area contributed by atoms with E-state index in [2.05, 4.69) is 70.4 Å². The first-order valence-electron chi connectivity index (χ1n) is 10.1. The van der Waals surface area contributed by atoms with Crippen LogP contribution in [0.5, 0.6) is 5.75 Å². The van der Waals surface area contributed by atoms with E-state index in [1.165, 1.54) is 35.0 Å². The van der Waals surface area contributed by atoms with Crippen molar-refractivity contribution in [1.29, 1.82) is 0 Å². The fourth-order valence-electron chi connectivity index (χ4n) is 5.35. The monoisotopic (exact) mass is 445 g/mol. The summed E-state index contributed by atoms with van der Waals surface area (Å²) in [6, 6.07) is 17.9. The Labute approximate surface area is 191 Å². The van der Waals surface area contributed by atoms with Crippen molar-refractivity contribution in [2.75, 3.05) is 33.8 Å². The van der Waals surface area contributed by atoms with Crippen LogP contribution in [0.1, 0.15) is 17.2 Å². The lowest BCUT2D eigenvalue weighted by Crippen LogP contribution is -2.29. The van der Waals surface area contributed by atoms with Crippen LogP contribution < -0.4 is 4.74 Å². The van der Waals surface area contributed by atoms with E-state index in [-0.39, 0.29) is 24.8 Å². The Morgan fingerprint density at radius 2 is 1.80 bits per heavy atom. The van der Waals surface area contributed by atoms with Crippen molar-refractivity contribution >= 4 is 35.6 Å². The second kappa shape index (κ2) is 9.52. The van der Waals surface area contributed by atoms with Crippen molar-refractivity contribution in [3.05, 3.63) is 72.1 Å². The van der Waals surface area contributed by atoms with Gasteiger partial charge in [0.15, 0.2) is 0 Å². The molecule has 0 N–H and O–H groups in total. The van der Waals surface area contributed by atoms with Crippen LogP contribution in [-0.4, -0.2) is 48.6 Å². The second-order valence-corrected chi connectivity index (χ2v) is 8.29. The van der Waals surface area contributed by atoms with E-state index >= 15 is 0 Å². The molecule has 2 aliphatic rings. The van der Waals surface area contributed by atoms with Gasteiger partial charge in [0.25, 0.3) is 0 Å². The fourth-order valence-corrected chi connectivity index (χ4v) is 5.35. The third-order valence-electron chi connectivity index (χ3n) is 6.59. The average Bonchev–Trinajstić information content (AvgIpc) is 3.24. The van der Waals surface area contributed by atoms with Crippen molar-refractivity contribution in [3.63, 3.8) is 0 Å². The molecular weight excluding hydrogens is 417 g/mol. The molecular formula is C24H29Cl2N3O. The van der Waals surface area contributed by atoms with Crippen LogP contribution >= 0.6 is 24.8 Å².